The number of nitrogens with zero attached hydrogens (tertiary/aromatic N) is 2. The normalized spacial score (nSPS) is 15.3. The van der Waals surface area contributed by atoms with Crippen molar-refractivity contribution in [2.75, 3.05) is 11.9 Å². The molecule has 0 bridgehead atoms. The molecule has 1 fully saturated rings. The van der Waals surface area contributed by atoms with Crippen molar-refractivity contribution in [2.24, 2.45) is 5.92 Å². The van der Waals surface area contributed by atoms with Crippen LogP contribution in [0, 0.1) is 12.8 Å². The first-order valence-corrected chi connectivity index (χ1v) is 11.7. The molecule has 2 heterocycles. The van der Waals surface area contributed by atoms with E-state index in [1.165, 1.54) is 25.3 Å². The number of fused-ring (bicyclic) bond motifs is 1. The van der Waals surface area contributed by atoms with Crippen molar-refractivity contribution in [3.05, 3.63) is 42.2 Å². The Kier molecular flexibility index (Phi) is 5.74. The summed E-state index contributed by atoms with van der Waals surface area (Å²) in [5.41, 5.74) is 1.30. The molecule has 0 radical (unpaired) electrons. The maximum Gasteiger partial charge on any atom is 0.414 e. The van der Waals surface area contributed by atoms with E-state index in [-0.39, 0.29) is 17.1 Å². The molecule has 0 saturated heterocycles. The predicted molar refractivity (Wildman–Crippen MR) is 111 cm³/mol. The van der Waals surface area contributed by atoms with E-state index in [9.17, 15) is 40.0 Å². The fraction of sp³-hybridized carbons (Fsp3) is 0.381. The number of nitrogens with one attached hydrogen (secondary N) is 1. The minimum absolute atomic E-state index is 0.0755. The van der Waals surface area contributed by atoms with Crippen LogP contribution >= 0.6 is 0 Å². The van der Waals surface area contributed by atoms with Gasteiger partial charge >= 0.3 is 12.4 Å². The van der Waals surface area contributed by atoms with Gasteiger partial charge in [0.1, 0.15) is 0 Å². The van der Waals surface area contributed by atoms with Gasteiger partial charge in [0.05, 0.1) is 10.6 Å². The van der Waals surface area contributed by atoms with Crippen molar-refractivity contribution in [1.29, 1.82) is 0 Å². The van der Waals surface area contributed by atoms with Crippen LogP contribution in [0.25, 0.3) is 22.5 Å². The Balaban J connectivity index is 1.91. The Morgan fingerprint density at radius 1 is 1.06 bits per heavy atom. The van der Waals surface area contributed by atoms with E-state index in [1.807, 2.05) is 0 Å². The van der Waals surface area contributed by atoms with Crippen LogP contribution in [-0.2, 0) is 9.84 Å². The van der Waals surface area contributed by atoms with E-state index in [0.717, 1.165) is 35.8 Å². The number of pyridine rings is 1. The zero-order valence-corrected chi connectivity index (χ0v) is 18.4. The minimum Gasteiger partial charge on any atom is -0.427 e. The Morgan fingerprint density at radius 3 is 2.29 bits per heavy atom. The number of alkyl halides is 6. The topological polar surface area (TPSA) is 84.2 Å². The van der Waals surface area contributed by atoms with E-state index in [4.69, 9.17) is 0 Å². The van der Waals surface area contributed by atoms with E-state index < -0.39 is 32.3 Å². The molecule has 1 aromatic carbocycles. The number of anilines is 1. The van der Waals surface area contributed by atoms with Crippen LogP contribution < -0.4 is 5.32 Å². The maximum absolute atomic E-state index is 13.2. The predicted octanol–water partition coefficient (Wildman–Crippen LogP) is 5.29. The van der Waals surface area contributed by atoms with E-state index in [0.29, 0.717) is 29.3 Å². The second kappa shape index (κ2) is 8.07. The average molecular weight is 507 g/mol. The highest BCUT2D eigenvalue weighted by Crippen LogP contribution is 2.44. The summed E-state index contributed by atoms with van der Waals surface area (Å²) in [6.07, 6.45) is -8.82. The smallest absolute Gasteiger partial charge is 0.414 e. The zero-order valence-electron chi connectivity index (χ0n) is 17.6. The Labute approximate surface area is 190 Å². The first kappa shape index (κ1) is 24.2. The third kappa shape index (κ3) is 4.40. The molecule has 0 aromatic heterocycles. The van der Waals surface area contributed by atoms with Gasteiger partial charge < -0.3 is 10.5 Å². The molecule has 1 aliphatic carbocycles. The molecule has 2 N–H and O–H groups in total. The summed E-state index contributed by atoms with van der Waals surface area (Å²) < 4.78 is 105. The molecule has 34 heavy (non-hydrogen) atoms. The number of rotatable bonds is 6. The van der Waals surface area contributed by atoms with Gasteiger partial charge in [-0.25, -0.2) is 13.4 Å². The molecule has 1 saturated carbocycles. The van der Waals surface area contributed by atoms with Crippen molar-refractivity contribution in [2.45, 2.75) is 42.3 Å². The van der Waals surface area contributed by atoms with Crippen molar-refractivity contribution in [3.8, 4) is 22.5 Å². The van der Waals surface area contributed by atoms with Crippen LogP contribution in [0.1, 0.15) is 18.5 Å². The van der Waals surface area contributed by atoms with Crippen LogP contribution in [0.4, 0.5) is 32.0 Å². The number of hydrogen-bond donors (Lipinski definition) is 2. The first-order chi connectivity index (χ1) is 15.7. The number of halogens is 6. The molecule has 13 heteroatoms. The second-order valence-corrected chi connectivity index (χ2v) is 10.3. The Bertz CT molecular complexity index is 1280. The van der Waals surface area contributed by atoms with Gasteiger partial charge in [0.25, 0.3) is 5.25 Å². The van der Waals surface area contributed by atoms with Crippen LogP contribution in [0.15, 0.2) is 41.4 Å². The van der Waals surface area contributed by atoms with Crippen LogP contribution in [0.3, 0.4) is 0 Å². The lowest BCUT2D eigenvalue weighted by Gasteiger charge is -2.24. The quantitative estimate of drug-likeness (QED) is 0.350. The van der Waals surface area contributed by atoms with E-state index >= 15 is 0 Å². The maximum atomic E-state index is 13.2. The zero-order chi connectivity index (χ0) is 25.1. The van der Waals surface area contributed by atoms with E-state index in [1.54, 1.807) is 0 Å². The number of hydrogen-bond acceptors (Lipinski definition) is 5. The van der Waals surface area contributed by atoms with Gasteiger partial charge in [-0.05, 0) is 61.6 Å². The summed E-state index contributed by atoms with van der Waals surface area (Å²) >= 11 is 0. The number of sulfone groups is 1. The lowest BCUT2D eigenvalue weighted by molar-refractivity contribution is -0.226. The van der Waals surface area contributed by atoms with Gasteiger partial charge in [-0.15, -0.1) is 0 Å². The second-order valence-electron chi connectivity index (χ2n) is 8.23. The molecular formula is C21H19F6N3O3S. The summed E-state index contributed by atoms with van der Waals surface area (Å²) in [4.78, 5) is 2.90. The molecule has 0 atom stereocenters. The number of aromatic nitrogens is 2. The van der Waals surface area contributed by atoms with Crippen molar-refractivity contribution >= 4 is 15.5 Å². The van der Waals surface area contributed by atoms with Gasteiger partial charge in [0.2, 0.25) is 0 Å². The molecule has 184 valence electrons. The summed E-state index contributed by atoms with van der Waals surface area (Å²) in [5, 5.41) is 8.74. The molecule has 0 spiro atoms. The van der Waals surface area contributed by atoms with Gasteiger partial charge in [-0.2, -0.15) is 31.1 Å². The Morgan fingerprint density at radius 2 is 1.71 bits per heavy atom. The molecule has 0 unspecified atom stereocenters. The van der Waals surface area contributed by atoms with E-state index in [2.05, 4.69) is 10.3 Å². The van der Waals surface area contributed by atoms with Crippen LogP contribution in [0.5, 0.6) is 0 Å². The van der Waals surface area contributed by atoms with Crippen LogP contribution in [0.2, 0.25) is 0 Å². The highest BCUT2D eigenvalue weighted by molar-refractivity contribution is 7.92. The number of benzene rings is 1. The average Bonchev–Trinajstić information content (AvgIpc) is 3.40. The fourth-order valence-corrected chi connectivity index (χ4v) is 5.29. The third-order valence-electron chi connectivity index (χ3n) is 5.65. The molecule has 1 aromatic rings. The van der Waals surface area contributed by atoms with Gasteiger partial charge in [0, 0.05) is 29.6 Å². The summed E-state index contributed by atoms with van der Waals surface area (Å²) in [6, 6.07) is 5.64. The fourth-order valence-electron chi connectivity index (χ4n) is 3.77. The molecule has 2 aliphatic heterocycles. The molecular weight excluding hydrogens is 488 g/mol. The lowest BCUT2D eigenvalue weighted by atomic mass is 9.98. The summed E-state index contributed by atoms with van der Waals surface area (Å²) in [6.45, 7) is 2.01. The summed E-state index contributed by atoms with van der Waals surface area (Å²) in [7, 11) is -5.89. The molecule has 0 amide bonds. The third-order valence-corrected chi connectivity index (χ3v) is 7.72. The van der Waals surface area contributed by atoms with Crippen molar-refractivity contribution in [3.63, 3.8) is 0 Å². The monoisotopic (exact) mass is 507 g/mol. The molecule has 4 rings (SSSR count). The standard InChI is InChI=1S/C21H19F6N3O3S/c1-11-8-15(14-6-7-28-18(14)30(11)31)16-9-13(4-5-17(16)29-10-12-2-3-12)34(32,33)19(20(22,23)24)21(25,26)27/h4-9,12,19,29,31H,2-3,10H2,1H3. The number of aryl methyl sites for hydroxylation is 1. The molecule has 3 aliphatic rings. The SMILES string of the molecule is Cc1cc(-c2cc(S(=O)(=O)C(C(F)(F)F)C(F)(F)F)ccc2NCC2CC2)c2ccnc-2n1O. The highest BCUT2D eigenvalue weighted by atomic mass is 32.2. The van der Waals surface area contributed by atoms with Crippen molar-refractivity contribution < 1.29 is 40.0 Å². The first-order valence-electron chi connectivity index (χ1n) is 10.1. The lowest BCUT2D eigenvalue weighted by Crippen LogP contribution is -2.48. The van der Waals surface area contributed by atoms with Gasteiger partial charge in [0.15, 0.2) is 15.7 Å². The van der Waals surface area contributed by atoms with Crippen molar-refractivity contribution in [1.82, 2.24) is 9.71 Å². The van der Waals surface area contributed by atoms with Gasteiger partial charge in [-0.1, -0.05) is 0 Å². The minimum atomic E-state index is -6.06. The largest absolute Gasteiger partial charge is 0.427 e. The summed E-state index contributed by atoms with van der Waals surface area (Å²) in [5.74, 6) is 0.466. The highest BCUT2D eigenvalue weighted by Gasteiger charge is 2.64. The van der Waals surface area contributed by atoms with Gasteiger partial charge in [-0.3, -0.25) is 0 Å². The van der Waals surface area contributed by atoms with Crippen LogP contribution in [-0.4, -0.2) is 47.5 Å². The Hall–Kier alpha value is -2.96. The molecule has 6 nitrogen and oxygen atoms in total.